The van der Waals surface area contributed by atoms with Gasteiger partial charge < -0.3 is 14.6 Å². The van der Waals surface area contributed by atoms with Crippen molar-refractivity contribution in [2.75, 3.05) is 20.3 Å². The molecule has 0 fully saturated rings. The van der Waals surface area contributed by atoms with Crippen LogP contribution >= 0.6 is 0 Å². The molecule has 0 spiro atoms. The number of nitrogens with one attached hydrogen (secondary N) is 1. The van der Waals surface area contributed by atoms with Crippen LogP contribution in [0.3, 0.4) is 0 Å². The van der Waals surface area contributed by atoms with Gasteiger partial charge in [0.05, 0.1) is 12.3 Å². The molecule has 0 bridgehead atoms. The van der Waals surface area contributed by atoms with Gasteiger partial charge in [-0.05, 0) is 12.3 Å². The number of aromatic nitrogens is 2. The highest BCUT2D eigenvalue weighted by molar-refractivity contribution is 5.20. The lowest BCUT2D eigenvalue weighted by molar-refractivity contribution is 0.150. The van der Waals surface area contributed by atoms with Crippen molar-refractivity contribution in [2.24, 2.45) is 5.92 Å². The Morgan fingerprint density at radius 3 is 3.06 bits per heavy atom. The fourth-order valence-corrected chi connectivity index (χ4v) is 2.71. The Morgan fingerprint density at radius 1 is 1.50 bits per heavy atom. The van der Waals surface area contributed by atoms with E-state index in [0.717, 1.165) is 45.5 Å². The zero-order valence-corrected chi connectivity index (χ0v) is 11.8. The summed E-state index contributed by atoms with van der Waals surface area (Å²) in [4.78, 5) is 4.81. The van der Waals surface area contributed by atoms with Crippen LogP contribution in [0.15, 0.2) is 0 Å². The number of ether oxygens (including phenoxy) is 1. The van der Waals surface area contributed by atoms with Gasteiger partial charge in [0.25, 0.3) is 0 Å². The van der Waals surface area contributed by atoms with Crippen molar-refractivity contribution in [1.82, 2.24) is 14.9 Å². The molecule has 2 heterocycles. The number of nitrogens with zero attached hydrogens (tertiary/aromatic N) is 2. The molecule has 2 rings (SSSR count). The smallest absolute Gasteiger partial charge is 0.109 e. The van der Waals surface area contributed by atoms with Crippen molar-refractivity contribution in [2.45, 2.75) is 46.2 Å². The molecule has 1 N–H and O–H groups in total. The van der Waals surface area contributed by atoms with E-state index in [9.17, 15) is 0 Å². The third-order valence-electron chi connectivity index (χ3n) is 3.48. The van der Waals surface area contributed by atoms with Crippen LogP contribution < -0.4 is 5.32 Å². The van der Waals surface area contributed by atoms with E-state index in [-0.39, 0.29) is 0 Å². The summed E-state index contributed by atoms with van der Waals surface area (Å²) in [5.74, 6) is 1.80. The molecule has 1 atom stereocenters. The van der Waals surface area contributed by atoms with E-state index in [1.165, 1.54) is 17.2 Å². The zero-order chi connectivity index (χ0) is 13.0. The van der Waals surface area contributed by atoms with E-state index in [1.807, 2.05) is 0 Å². The summed E-state index contributed by atoms with van der Waals surface area (Å²) in [6.45, 7) is 8.31. The number of hydrogen-bond donors (Lipinski definition) is 1. The van der Waals surface area contributed by atoms with Crippen LogP contribution in [0, 0.1) is 5.92 Å². The van der Waals surface area contributed by atoms with Crippen LogP contribution in [-0.2, 0) is 30.7 Å². The Balaban J connectivity index is 2.21. The Morgan fingerprint density at radius 2 is 2.33 bits per heavy atom. The topological polar surface area (TPSA) is 39.1 Å². The summed E-state index contributed by atoms with van der Waals surface area (Å²) >= 11 is 0. The average Bonchev–Trinajstić information content (AvgIpc) is 2.69. The van der Waals surface area contributed by atoms with Gasteiger partial charge in [0.2, 0.25) is 0 Å². The maximum atomic E-state index is 5.25. The van der Waals surface area contributed by atoms with Gasteiger partial charge in [0, 0.05) is 45.3 Å². The lowest BCUT2D eigenvalue weighted by Crippen LogP contribution is -2.26. The highest BCUT2D eigenvalue weighted by atomic mass is 16.5. The summed E-state index contributed by atoms with van der Waals surface area (Å²) < 4.78 is 7.70. The minimum atomic E-state index is 0.541. The van der Waals surface area contributed by atoms with Gasteiger partial charge in [-0.25, -0.2) is 4.98 Å². The SMILES string of the molecule is CCCc1nc2c(n1CC(C)COC)CCNC2. The maximum Gasteiger partial charge on any atom is 0.109 e. The number of rotatable bonds is 6. The number of methoxy groups -OCH3 is 1. The number of hydrogen-bond acceptors (Lipinski definition) is 3. The molecule has 0 saturated carbocycles. The van der Waals surface area contributed by atoms with Crippen LogP contribution in [-0.4, -0.2) is 29.8 Å². The molecule has 4 heteroatoms. The molecule has 1 aliphatic heterocycles. The molecule has 0 amide bonds. The fraction of sp³-hybridized carbons (Fsp3) is 0.786. The number of aryl methyl sites for hydroxylation is 1. The first kappa shape index (κ1) is 13.6. The Labute approximate surface area is 110 Å². The van der Waals surface area contributed by atoms with E-state index in [0.29, 0.717) is 5.92 Å². The molecule has 1 aliphatic rings. The minimum absolute atomic E-state index is 0.541. The van der Waals surface area contributed by atoms with E-state index in [4.69, 9.17) is 9.72 Å². The third-order valence-corrected chi connectivity index (χ3v) is 3.48. The van der Waals surface area contributed by atoms with Gasteiger partial charge in [0.15, 0.2) is 0 Å². The molecule has 1 aromatic heterocycles. The lowest BCUT2D eigenvalue weighted by atomic mass is 10.1. The van der Waals surface area contributed by atoms with Gasteiger partial charge >= 0.3 is 0 Å². The summed E-state index contributed by atoms with van der Waals surface area (Å²) in [6.07, 6.45) is 3.33. The van der Waals surface area contributed by atoms with Crippen LogP contribution in [0.4, 0.5) is 0 Å². The standard InChI is InChI=1S/C14H25N3O/c1-4-5-14-16-12-8-15-7-6-13(12)17(14)9-11(2)10-18-3/h11,15H,4-10H2,1-3H3. The highest BCUT2D eigenvalue weighted by Gasteiger charge is 2.20. The lowest BCUT2D eigenvalue weighted by Gasteiger charge is -2.19. The van der Waals surface area contributed by atoms with Crippen molar-refractivity contribution in [3.05, 3.63) is 17.2 Å². The van der Waals surface area contributed by atoms with Crippen molar-refractivity contribution in [3.8, 4) is 0 Å². The molecule has 0 saturated heterocycles. The summed E-state index contributed by atoms with van der Waals surface area (Å²) in [5.41, 5.74) is 2.70. The van der Waals surface area contributed by atoms with Gasteiger partial charge in [-0.1, -0.05) is 13.8 Å². The second-order valence-electron chi connectivity index (χ2n) is 5.27. The summed E-state index contributed by atoms with van der Waals surface area (Å²) in [6, 6.07) is 0. The summed E-state index contributed by atoms with van der Waals surface area (Å²) in [7, 11) is 1.77. The average molecular weight is 251 g/mol. The normalized spacial score (nSPS) is 16.6. The quantitative estimate of drug-likeness (QED) is 0.837. The van der Waals surface area contributed by atoms with Crippen molar-refractivity contribution in [3.63, 3.8) is 0 Å². The first-order valence-electron chi connectivity index (χ1n) is 7.03. The molecule has 102 valence electrons. The predicted octanol–water partition coefficient (Wildman–Crippen LogP) is 1.76. The molecule has 18 heavy (non-hydrogen) atoms. The second kappa shape index (κ2) is 6.34. The van der Waals surface area contributed by atoms with Gasteiger partial charge in [0.1, 0.15) is 5.82 Å². The molecular formula is C14H25N3O. The van der Waals surface area contributed by atoms with Crippen molar-refractivity contribution >= 4 is 0 Å². The molecule has 1 aromatic rings. The molecule has 1 unspecified atom stereocenters. The summed E-state index contributed by atoms with van der Waals surface area (Å²) in [5, 5.41) is 3.40. The Kier molecular flexibility index (Phi) is 4.78. The van der Waals surface area contributed by atoms with Gasteiger partial charge in [-0.3, -0.25) is 0 Å². The largest absolute Gasteiger partial charge is 0.384 e. The van der Waals surface area contributed by atoms with E-state index < -0.39 is 0 Å². The molecule has 0 aliphatic carbocycles. The molecular weight excluding hydrogens is 226 g/mol. The maximum absolute atomic E-state index is 5.25. The van der Waals surface area contributed by atoms with E-state index in [2.05, 4.69) is 23.7 Å². The first-order chi connectivity index (χ1) is 8.76. The fourth-order valence-electron chi connectivity index (χ4n) is 2.71. The number of imidazole rings is 1. The predicted molar refractivity (Wildman–Crippen MR) is 72.7 cm³/mol. The van der Waals surface area contributed by atoms with Crippen molar-refractivity contribution < 1.29 is 4.74 Å². The Bertz CT molecular complexity index is 387. The minimum Gasteiger partial charge on any atom is -0.384 e. The highest BCUT2D eigenvalue weighted by Crippen LogP contribution is 2.19. The number of fused-ring (bicyclic) bond motifs is 1. The third kappa shape index (κ3) is 2.93. The molecule has 0 radical (unpaired) electrons. The van der Waals surface area contributed by atoms with Gasteiger partial charge in [-0.2, -0.15) is 0 Å². The van der Waals surface area contributed by atoms with E-state index in [1.54, 1.807) is 7.11 Å². The zero-order valence-electron chi connectivity index (χ0n) is 11.8. The van der Waals surface area contributed by atoms with Crippen LogP contribution in [0.5, 0.6) is 0 Å². The van der Waals surface area contributed by atoms with Crippen LogP contribution in [0.1, 0.15) is 37.5 Å². The molecule has 4 nitrogen and oxygen atoms in total. The Hall–Kier alpha value is -0.870. The first-order valence-corrected chi connectivity index (χ1v) is 7.03. The van der Waals surface area contributed by atoms with Gasteiger partial charge in [-0.15, -0.1) is 0 Å². The van der Waals surface area contributed by atoms with Crippen LogP contribution in [0.2, 0.25) is 0 Å². The van der Waals surface area contributed by atoms with Crippen molar-refractivity contribution in [1.29, 1.82) is 0 Å². The van der Waals surface area contributed by atoms with E-state index >= 15 is 0 Å². The monoisotopic (exact) mass is 251 g/mol. The molecule has 0 aromatic carbocycles. The second-order valence-corrected chi connectivity index (χ2v) is 5.27. The van der Waals surface area contributed by atoms with Crippen LogP contribution in [0.25, 0.3) is 0 Å².